The first kappa shape index (κ1) is 14.6. The molecule has 6 nitrogen and oxygen atoms in total. The van der Waals surface area contributed by atoms with Gasteiger partial charge >= 0.3 is 0 Å². The van der Waals surface area contributed by atoms with E-state index in [1.54, 1.807) is 17.5 Å². The summed E-state index contributed by atoms with van der Waals surface area (Å²) >= 11 is 1.54. The number of amides is 1. The van der Waals surface area contributed by atoms with Crippen LogP contribution in [0.2, 0.25) is 0 Å². The summed E-state index contributed by atoms with van der Waals surface area (Å²) in [7, 11) is 0. The lowest BCUT2D eigenvalue weighted by atomic mass is 10.2. The Morgan fingerprint density at radius 3 is 3.00 bits per heavy atom. The third-order valence-corrected chi connectivity index (χ3v) is 4.30. The zero-order chi connectivity index (χ0) is 16.4. The van der Waals surface area contributed by atoms with Crippen molar-refractivity contribution in [3.8, 4) is 11.3 Å². The van der Waals surface area contributed by atoms with Crippen molar-refractivity contribution >= 4 is 22.2 Å². The van der Waals surface area contributed by atoms with E-state index >= 15 is 0 Å². The zero-order valence-electron chi connectivity index (χ0n) is 12.7. The number of oxazole rings is 1. The largest absolute Gasteiger partial charge is 0.439 e. The lowest BCUT2D eigenvalue weighted by Crippen LogP contribution is -2.24. The molecule has 1 aromatic carbocycles. The summed E-state index contributed by atoms with van der Waals surface area (Å²) in [5, 5.41) is 4.77. The van der Waals surface area contributed by atoms with E-state index in [2.05, 4.69) is 15.3 Å². The maximum Gasteiger partial charge on any atom is 0.226 e. The lowest BCUT2D eigenvalue weighted by molar-refractivity contribution is -0.120. The second kappa shape index (κ2) is 6.29. The second-order valence-corrected chi connectivity index (χ2v) is 6.14. The van der Waals surface area contributed by atoms with Crippen molar-refractivity contribution in [3.63, 3.8) is 0 Å². The van der Waals surface area contributed by atoms with Crippen molar-refractivity contribution < 1.29 is 9.21 Å². The van der Waals surface area contributed by atoms with E-state index in [-0.39, 0.29) is 18.9 Å². The highest BCUT2D eigenvalue weighted by Crippen LogP contribution is 2.19. The van der Waals surface area contributed by atoms with Crippen LogP contribution < -0.4 is 5.32 Å². The molecule has 0 radical (unpaired) electrons. The third kappa shape index (κ3) is 3.07. The Morgan fingerprint density at radius 2 is 2.17 bits per heavy atom. The molecule has 0 fully saturated rings. The van der Waals surface area contributed by atoms with Gasteiger partial charge in [0, 0.05) is 23.3 Å². The molecule has 1 N–H and O–H groups in total. The normalized spacial score (nSPS) is 11.0. The fourth-order valence-corrected chi connectivity index (χ4v) is 3.11. The fraction of sp³-hybridized carbons (Fsp3) is 0.118. The molecule has 1 amide bonds. The first-order chi connectivity index (χ1) is 11.8. The molecular formula is C17H14N4O2S. The van der Waals surface area contributed by atoms with Crippen LogP contribution in [0.4, 0.5) is 0 Å². The molecule has 0 spiro atoms. The van der Waals surface area contributed by atoms with E-state index in [4.69, 9.17) is 4.42 Å². The number of nitrogens with one attached hydrogen (secondary N) is 1. The highest BCUT2D eigenvalue weighted by atomic mass is 32.1. The van der Waals surface area contributed by atoms with Crippen LogP contribution in [0.1, 0.15) is 11.6 Å². The molecule has 120 valence electrons. The van der Waals surface area contributed by atoms with E-state index in [0.29, 0.717) is 11.7 Å². The van der Waals surface area contributed by atoms with Crippen LogP contribution in [0.15, 0.2) is 58.7 Å². The molecule has 24 heavy (non-hydrogen) atoms. The average Bonchev–Trinajstić information content (AvgIpc) is 3.29. The first-order valence-corrected chi connectivity index (χ1v) is 8.34. The van der Waals surface area contributed by atoms with Crippen LogP contribution in [0.3, 0.4) is 0 Å². The summed E-state index contributed by atoms with van der Waals surface area (Å²) in [6.45, 7) is 0.258. The van der Waals surface area contributed by atoms with Gasteiger partial charge in [-0.25, -0.2) is 9.97 Å². The average molecular weight is 338 g/mol. The van der Waals surface area contributed by atoms with Crippen molar-refractivity contribution in [2.75, 3.05) is 0 Å². The fourth-order valence-electron chi connectivity index (χ4n) is 2.39. The molecule has 4 rings (SSSR count). The Kier molecular flexibility index (Phi) is 3.84. The van der Waals surface area contributed by atoms with Crippen molar-refractivity contribution in [1.82, 2.24) is 19.7 Å². The molecule has 0 atom stereocenters. The molecule has 0 bridgehead atoms. The van der Waals surface area contributed by atoms with Gasteiger partial charge in [-0.3, -0.25) is 9.20 Å². The van der Waals surface area contributed by atoms with Crippen molar-refractivity contribution in [2.45, 2.75) is 13.0 Å². The summed E-state index contributed by atoms with van der Waals surface area (Å²) < 4.78 is 7.57. The van der Waals surface area contributed by atoms with Crippen LogP contribution in [-0.4, -0.2) is 20.3 Å². The van der Waals surface area contributed by atoms with E-state index in [1.165, 1.54) is 0 Å². The maximum absolute atomic E-state index is 12.0. The molecule has 0 unspecified atom stereocenters. The molecule has 3 heterocycles. The zero-order valence-corrected chi connectivity index (χ0v) is 13.5. The minimum Gasteiger partial charge on any atom is -0.439 e. The standard InChI is InChI=1S/C17H14N4O2S/c22-15(8-13-11-21-6-7-24-17(21)20-13)18-10-16-19-9-14(23-16)12-4-2-1-3-5-12/h1-7,9,11H,8,10H2,(H,18,22). The van der Waals surface area contributed by atoms with Gasteiger partial charge in [-0.1, -0.05) is 30.3 Å². The maximum atomic E-state index is 12.0. The highest BCUT2D eigenvalue weighted by molar-refractivity contribution is 7.15. The van der Waals surface area contributed by atoms with Crippen LogP contribution in [0, 0.1) is 0 Å². The number of fused-ring (bicyclic) bond motifs is 1. The van der Waals surface area contributed by atoms with Crippen molar-refractivity contribution in [2.24, 2.45) is 0 Å². The molecular weight excluding hydrogens is 324 g/mol. The first-order valence-electron chi connectivity index (χ1n) is 7.46. The van der Waals surface area contributed by atoms with Gasteiger partial charge in [0.05, 0.1) is 24.9 Å². The Labute approximate surface area is 141 Å². The van der Waals surface area contributed by atoms with Crippen LogP contribution in [-0.2, 0) is 17.8 Å². The number of nitrogens with zero attached hydrogens (tertiary/aromatic N) is 3. The number of thiazole rings is 1. The predicted molar refractivity (Wildman–Crippen MR) is 90.6 cm³/mol. The third-order valence-electron chi connectivity index (χ3n) is 3.53. The molecule has 0 saturated heterocycles. The Morgan fingerprint density at radius 1 is 1.29 bits per heavy atom. The topological polar surface area (TPSA) is 72.4 Å². The van der Waals surface area contributed by atoms with Gasteiger partial charge in [-0.15, -0.1) is 11.3 Å². The van der Waals surface area contributed by atoms with Crippen molar-refractivity contribution in [3.05, 3.63) is 65.9 Å². The number of benzene rings is 1. The minimum atomic E-state index is -0.111. The van der Waals surface area contributed by atoms with Gasteiger partial charge in [0.1, 0.15) is 0 Å². The quantitative estimate of drug-likeness (QED) is 0.607. The monoisotopic (exact) mass is 338 g/mol. The SMILES string of the molecule is O=C(Cc1cn2ccsc2n1)NCc1ncc(-c2ccccc2)o1. The molecule has 7 heteroatoms. The van der Waals surface area contributed by atoms with Gasteiger partial charge in [0.2, 0.25) is 11.8 Å². The molecule has 0 aliphatic rings. The summed E-state index contributed by atoms with van der Waals surface area (Å²) in [5.74, 6) is 1.06. The second-order valence-electron chi connectivity index (χ2n) is 5.26. The molecule has 3 aromatic heterocycles. The Bertz CT molecular complexity index is 942. The number of rotatable bonds is 5. The van der Waals surface area contributed by atoms with Crippen LogP contribution in [0.25, 0.3) is 16.3 Å². The smallest absolute Gasteiger partial charge is 0.226 e. The Hall–Kier alpha value is -2.93. The van der Waals surface area contributed by atoms with Crippen LogP contribution in [0.5, 0.6) is 0 Å². The number of carbonyl (C=O) groups is 1. The van der Waals surface area contributed by atoms with Gasteiger partial charge < -0.3 is 9.73 Å². The highest BCUT2D eigenvalue weighted by Gasteiger charge is 2.10. The summed E-state index contributed by atoms with van der Waals surface area (Å²) in [4.78, 5) is 21.5. The number of aromatic nitrogens is 3. The lowest BCUT2D eigenvalue weighted by Gasteiger charge is -2.00. The van der Waals surface area contributed by atoms with E-state index in [9.17, 15) is 4.79 Å². The van der Waals surface area contributed by atoms with Gasteiger partial charge in [-0.05, 0) is 0 Å². The number of carbonyl (C=O) groups excluding carboxylic acids is 1. The van der Waals surface area contributed by atoms with E-state index < -0.39 is 0 Å². The number of hydrogen-bond donors (Lipinski definition) is 1. The molecule has 4 aromatic rings. The van der Waals surface area contributed by atoms with E-state index in [1.807, 2.05) is 52.5 Å². The summed E-state index contributed by atoms with van der Waals surface area (Å²) in [5.41, 5.74) is 1.71. The number of hydrogen-bond acceptors (Lipinski definition) is 5. The van der Waals surface area contributed by atoms with Gasteiger partial charge in [0.15, 0.2) is 10.7 Å². The van der Waals surface area contributed by atoms with Gasteiger partial charge in [0.25, 0.3) is 0 Å². The number of imidazole rings is 1. The summed E-state index contributed by atoms with van der Waals surface area (Å²) in [6, 6.07) is 9.73. The predicted octanol–water partition coefficient (Wildman–Crippen LogP) is 2.91. The van der Waals surface area contributed by atoms with Gasteiger partial charge in [-0.2, -0.15) is 0 Å². The molecule has 0 aliphatic carbocycles. The minimum absolute atomic E-state index is 0.111. The van der Waals surface area contributed by atoms with E-state index in [0.717, 1.165) is 16.2 Å². The van der Waals surface area contributed by atoms with Crippen molar-refractivity contribution in [1.29, 1.82) is 0 Å². The Balaban J connectivity index is 1.35. The van der Waals surface area contributed by atoms with Crippen LogP contribution >= 0.6 is 11.3 Å². The summed E-state index contributed by atoms with van der Waals surface area (Å²) in [6.07, 6.45) is 5.69. The molecule has 0 aliphatic heterocycles. The molecule has 0 saturated carbocycles.